The molecule has 2 aromatic rings. The van der Waals surface area contributed by atoms with E-state index in [2.05, 4.69) is 11.7 Å². The standard InChI is InChI=1S/C20H25N3O4/c1-4-9-16-19(24)23(20(25)22(16)5-2)18-12-17(27-21-18)14(3)13-26-15-10-7-6-8-11-15/h4,6-8,10-12,14,16,19,24H,1,5,9,13H2,2-3H3. The number of urea groups is 1. The zero-order valence-electron chi connectivity index (χ0n) is 15.6. The van der Waals surface area contributed by atoms with E-state index in [0.29, 0.717) is 31.2 Å². The van der Waals surface area contributed by atoms with Crippen molar-refractivity contribution in [3.8, 4) is 5.75 Å². The number of carbonyl (C=O) groups excluding carboxylic acids is 1. The average molecular weight is 371 g/mol. The quantitative estimate of drug-likeness (QED) is 0.720. The first-order valence-corrected chi connectivity index (χ1v) is 9.10. The summed E-state index contributed by atoms with van der Waals surface area (Å²) in [4.78, 5) is 15.6. The SMILES string of the molecule is C=CCC1C(O)N(c2cc(C(C)COc3ccccc3)on2)C(=O)N1CC. The molecule has 1 saturated heterocycles. The number of nitrogens with zero attached hydrogens (tertiary/aromatic N) is 3. The molecule has 2 amide bonds. The lowest BCUT2D eigenvalue weighted by Gasteiger charge is -2.21. The molecule has 3 rings (SSSR count). The van der Waals surface area contributed by atoms with Crippen LogP contribution < -0.4 is 9.64 Å². The van der Waals surface area contributed by atoms with Crippen molar-refractivity contribution in [3.63, 3.8) is 0 Å². The monoisotopic (exact) mass is 371 g/mol. The molecule has 0 spiro atoms. The van der Waals surface area contributed by atoms with Crippen LogP contribution in [0.2, 0.25) is 0 Å². The summed E-state index contributed by atoms with van der Waals surface area (Å²) in [5, 5.41) is 14.6. The van der Waals surface area contributed by atoms with Crippen LogP contribution in [0.5, 0.6) is 5.75 Å². The Morgan fingerprint density at radius 3 is 2.81 bits per heavy atom. The van der Waals surface area contributed by atoms with E-state index in [-0.39, 0.29) is 18.0 Å². The summed E-state index contributed by atoms with van der Waals surface area (Å²) in [5.41, 5.74) is 0. The Morgan fingerprint density at radius 1 is 1.41 bits per heavy atom. The van der Waals surface area contributed by atoms with E-state index >= 15 is 0 Å². The summed E-state index contributed by atoms with van der Waals surface area (Å²) in [5.74, 6) is 1.61. The molecule has 3 atom stereocenters. The van der Waals surface area contributed by atoms with Crippen molar-refractivity contribution < 1.29 is 19.2 Å². The fourth-order valence-corrected chi connectivity index (χ4v) is 3.19. The molecule has 0 saturated carbocycles. The summed E-state index contributed by atoms with van der Waals surface area (Å²) >= 11 is 0. The van der Waals surface area contributed by atoms with Gasteiger partial charge in [0.05, 0.1) is 18.6 Å². The van der Waals surface area contributed by atoms with E-state index in [4.69, 9.17) is 9.26 Å². The van der Waals surface area contributed by atoms with Gasteiger partial charge < -0.3 is 19.3 Å². The number of carbonyl (C=O) groups is 1. The summed E-state index contributed by atoms with van der Waals surface area (Å²) in [6.07, 6.45) is 1.21. The number of ether oxygens (including phenoxy) is 1. The van der Waals surface area contributed by atoms with Gasteiger partial charge in [0.25, 0.3) is 0 Å². The second-order valence-corrected chi connectivity index (χ2v) is 6.56. The highest BCUT2D eigenvalue weighted by Crippen LogP contribution is 2.31. The third kappa shape index (κ3) is 3.83. The highest BCUT2D eigenvalue weighted by atomic mass is 16.5. The van der Waals surface area contributed by atoms with Crippen molar-refractivity contribution in [2.45, 2.75) is 38.5 Å². The Morgan fingerprint density at radius 2 is 2.15 bits per heavy atom. The number of likely N-dealkylation sites (N-methyl/N-ethyl adjacent to an activating group) is 1. The van der Waals surface area contributed by atoms with E-state index in [1.54, 1.807) is 17.0 Å². The lowest BCUT2D eigenvalue weighted by molar-refractivity contribution is 0.122. The predicted octanol–water partition coefficient (Wildman–Crippen LogP) is 3.38. The Labute approximate surface area is 158 Å². The van der Waals surface area contributed by atoms with Gasteiger partial charge in [-0.3, -0.25) is 0 Å². The van der Waals surface area contributed by atoms with E-state index in [1.807, 2.05) is 44.2 Å². The minimum atomic E-state index is -0.996. The molecule has 0 radical (unpaired) electrons. The van der Waals surface area contributed by atoms with Crippen molar-refractivity contribution >= 4 is 11.8 Å². The number of hydrogen-bond acceptors (Lipinski definition) is 5. The highest BCUT2D eigenvalue weighted by Gasteiger charge is 2.45. The molecule has 1 fully saturated rings. The second-order valence-electron chi connectivity index (χ2n) is 6.56. The molecule has 27 heavy (non-hydrogen) atoms. The molecule has 1 aliphatic heterocycles. The molecule has 1 aliphatic rings. The maximum absolute atomic E-state index is 12.7. The number of amides is 2. The van der Waals surface area contributed by atoms with Gasteiger partial charge in [0.15, 0.2) is 12.0 Å². The van der Waals surface area contributed by atoms with Gasteiger partial charge in [-0.05, 0) is 25.5 Å². The predicted molar refractivity (Wildman–Crippen MR) is 102 cm³/mol. The van der Waals surface area contributed by atoms with Crippen LogP contribution in [0.4, 0.5) is 10.6 Å². The lowest BCUT2D eigenvalue weighted by Crippen LogP contribution is -2.37. The molecular formula is C20H25N3O4. The van der Waals surface area contributed by atoms with Crippen LogP contribution in [0.15, 0.2) is 53.6 Å². The number of aliphatic hydroxyl groups is 1. The topological polar surface area (TPSA) is 79.0 Å². The van der Waals surface area contributed by atoms with Gasteiger partial charge in [-0.15, -0.1) is 6.58 Å². The number of anilines is 1. The van der Waals surface area contributed by atoms with E-state index < -0.39 is 6.23 Å². The van der Waals surface area contributed by atoms with Crippen molar-refractivity contribution in [2.75, 3.05) is 18.1 Å². The maximum atomic E-state index is 12.7. The number of para-hydroxylation sites is 1. The van der Waals surface area contributed by atoms with Crippen LogP contribution >= 0.6 is 0 Å². The van der Waals surface area contributed by atoms with Gasteiger partial charge in [-0.2, -0.15) is 0 Å². The number of rotatable bonds is 8. The minimum Gasteiger partial charge on any atom is -0.493 e. The largest absolute Gasteiger partial charge is 0.493 e. The second kappa shape index (κ2) is 8.26. The lowest BCUT2D eigenvalue weighted by atomic mass is 10.1. The van der Waals surface area contributed by atoms with Gasteiger partial charge in [-0.1, -0.05) is 36.4 Å². The molecule has 1 aromatic carbocycles. The first-order valence-electron chi connectivity index (χ1n) is 9.10. The Bertz CT molecular complexity index is 777. The van der Waals surface area contributed by atoms with Crippen molar-refractivity contribution in [1.29, 1.82) is 0 Å². The van der Waals surface area contributed by atoms with Gasteiger partial charge in [-0.25, -0.2) is 9.69 Å². The Balaban J connectivity index is 1.71. The van der Waals surface area contributed by atoms with Crippen molar-refractivity contribution in [2.24, 2.45) is 0 Å². The fraction of sp³-hybridized carbons (Fsp3) is 0.400. The first kappa shape index (κ1) is 19.0. The van der Waals surface area contributed by atoms with E-state index in [1.165, 1.54) is 4.90 Å². The number of aliphatic hydroxyl groups excluding tert-OH is 1. The number of hydrogen-bond donors (Lipinski definition) is 1. The molecule has 3 unspecified atom stereocenters. The van der Waals surface area contributed by atoms with Gasteiger partial charge in [0.2, 0.25) is 0 Å². The van der Waals surface area contributed by atoms with Crippen LogP contribution in [0.25, 0.3) is 0 Å². The van der Waals surface area contributed by atoms with Gasteiger partial charge in [0, 0.05) is 12.6 Å². The molecule has 144 valence electrons. The van der Waals surface area contributed by atoms with Gasteiger partial charge >= 0.3 is 6.03 Å². The molecule has 0 aliphatic carbocycles. The van der Waals surface area contributed by atoms with Crippen LogP contribution in [-0.2, 0) is 0 Å². The fourth-order valence-electron chi connectivity index (χ4n) is 3.19. The normalized spacial score (nSPS) is 20.8. The van der Waals surface area contributed by atoms with Crippen LogP contribution in [0, 0.1) is 0 Å². The zero-order chi connectivity index (χ0) is 19.4. The van der Waals surface area contributed by atoms with Gasteiger partial charge in [0.1, 0.15) is 11.5 Å². The Hall–Kier alpha value is -2.80. The van der Waals surface area contributed by atoms with Crippen molar-refractivity contribution in [3.05, 3.63) is 54.8 Å². The molecule has 7 nitrogen and oxygen atoms in total. The van der Waals surface area contributed by atoms with E-state index in [9.17, 15) is 9.90 Å². The van der Waals surface area contributed by atoms with E-state index in [0.717, 1.165) is 5.75 Å². The number of aromatic nitrogens is 1. The summed E-state index contributed by atoms with van der Waals surface area (Å²) in [6, 6.07) is 10.6. The molecule has 1 N–H and O–H groups in total. The third-order valence-electron chi connectivity index (χ3n) is 4.70. The maximum Gasteiger partial charge on any atom is 0.328 e. The number of benzene rings is 1. The van der Waals surface area contributed by atoms with Crippen LogP contribution in [0.1, 0.15) is 31.9 Å². The third-order valence-corrected chi connectivity index (χ3v) is 4.70. The highest BCUT2D eigenvalue weighted by molar-refractivity contribution is 5.94. The molecule has 0 bridgehead atoms. The molecule has 7 heteroatoms. The summed E-state index contributed by atoms with van der Waals surface area (Å²) < 4.78 is 11.2. The molecule has 2 heterocycles. The smallest absolute Gasteiger partial charge is 0.328 e. The van der Waals surface area contributed by atoms with Crippen LogP contribution in [0.3, 0.4) is 0 Å². The average Bonchev–Trinajstić information content (AvgIpc) is 3.24. The minimum absolute atomic E-state index is 0.0624. The van der Waals surface area contributed by atoms with Crippen molar-refractivity contribution in [1.82, 2.24) is 10.1 Å². The first-order chi connectivity index (χ1) is 13.1. The summed E-state index contributed by atoms with van der Waals surface area (Å²) in [6.45, 7) is 8.45. The van der Waals surface area contributed by atoms with Crippen LogP contribution in [-0.4, -0.2) is 46.6 Å². The molecular weight excluding hydrogens is 346 g/mol. The Kier molecular flexibility index (Phi) is 5.81. The molecule has 1 aromatic heterocycles. The summed E-state index contributed by atoms with van der Waals surface area (Å²) in [7, 11) is 0. The zero-order valence-corrected chi connectivity index (χ0v) is 15.6.